The fraction of sp³-hybridized carbons (Fsp3) is 0.462. The second-order valence-corrected chi connectivity index (χ2v) is 5.04. The Morgan fingerprint density at radius 2 is 1.88 bits per heavy atom. The molecule has 0 unspecified atom stereocenters. The Labute approximate surface area is 116 Å². The lowest BCUT2D eigenvalue weighted by molar-refractivity contribution is 0.0953. The van der Waals surface area contributed by atoms with Gasteiger partial charge in [0.1, 0.15) is 0 Å². The number of hydrogen-bond donors (Lipinski definition) is 1. The third kappa shape index (κ3) is 5.55. The van der Waals surface area contributed by atoms with Gasteiger partial charge < -0.3 is 5.32 Å². The minimum absolute atomic E-state index is 0.0870. The Kier molecular flexibility index (Phi) is 7.29. The van der Waals surface area contributed by atoms with E-state index in [1.54, 1.807) is 12.1 Å². The molecule has 0 saturated heterocycles. The number of carbonyl (C=O) groups is 1. The van der Waals surface area contributed by atoms with E-state index in [2.05, 4.69) is 21.2 Å². The number of hydrogen-bond acceptors (Lipinski definition) is 1. The number of amides is 1. The minimum Gasteiger partial charge on any atom is -0.352 e. The van der Waals surface area contributed by atoms with Crippen molar-refractivity contribution in [1.29, 1.82) is 0 Å². The summed E-state index contributed by atoms with van der Waals surface area (Å²) in [6.45, 7) is 0.715. The Balaban J connectivity index is 2.24. The summed E-state index contributed by atoms with van der Waals surface area (Å²) in [6, 6.07) is 7.10. The van der Waals surface area contributed by atoms with Crippen LogP contribution < -0.4 is 5.32 Å². The molecule has 0 saturated carbocycles. The van der Waals surface area contributed by atoms with E-state index in [1.165, 1.54) is 12.8 Å². The van der Waals surface area contributed by atoms with E-state index in [1.807, 2.05) is 12.1 Å². The maximum absolute atomic E-state index is 11.8. The summed E-state index contributed by atoms with van der Waals surface area (Å²) in [5, 5.41) is 4.44. The second kappa shape index (κ2) is 8.54. The van der Waals surface area contributed by atoms with Crippen molar-refractivity contribution in [2.24, 2.45) is 0 Å². The maximum Gasteiger partial charge on any atom is 0.252 e. The van der Waals surface area contributed by atoms with E-state index in [4.69, 9.17) is 11.6 Å². The fourth-order valence-electron chi connectivity index (χ4n) is 1.52. The van der Waals surface area contributed by atoms with E-state index in [0.29, 0.717) is 17.1 Å². The molecule has 0 bridgehead atoms. The lowest BCUT2D eigenvalue weighted by Gasteiger charge is -2.06. The highest BCUT2D eigenvalue weighted by Crippen LogP contribution is 2.14. The lowest BCUT2D eigenvalue weighted by Crippen LogP contribution is -2.24. The summed E-state index contributed by atoms with van der Waals surface area (Å²) >= 11 is 9.33. The highest BCUT2D eigenvalue weighted by molar-refractivity contribution is 9.09. The average Bonchev–Trinajstić information content (AvgIpc) is 2.34. The zero-order valence-electron chi connectivity index (χ0n) is 9.72. The molecule has 2 nitrogen and oxygen atoms in total. The van der Waals surface area contributed by atoms with Crippen molar-refractivity contribution >= 4 is 33.4 Å². The highest BCUT2D eigenvalue weighted by atomic mass is 79.9. The van der Waals surface area contributed by atoms with E-state index < -0.39 is 0 Å². The van der Waals surface area contributed by atoms with E-state index >= 15 is 0 Å². The molecule has 1 aromatic rings. The van der Waals surface area contributed by atoms with Gasteiger partial charge in [-0.1, -0.05) is 52.5 Å². The quantitative estimate of drug-likeness (QED) is 0.597. The molecule has 0 aromatic heterocycles. The molecule has 17 heavy (non-hydrogen) atoms. The first-order valence-corrected chi connectivity index (χ1v) is 7.34. The van der Waals surface area contributed by atoms with Crippen LogP contribution in [0, 0.1) is 0 Å². The number of alkyl halides is 1. The largest absolute Gasteiger partial charge is 0.352 e. The fourth-order valence-corrected chi connectivity index (χ4v) is 2.13. The third-order valence-corrected chi connectivity index (χ3v) is 3.35. The monoisotopic (exact) mass is 317 g/mol. The molecular formula is C13H17BrClNO. The summed E-state index contributed by atoms with van der Waals surface area (Å²) in [5.74, 6) is -0.0870. The Morgan fingerprint density at radius 1 is 1.18 bits per heavy atom. The molecule has 1 amide bonds. The molecule has 1 aromatic carbocycles. The first-order chi connectivity index (χ1) is 8.25. The van der Waals surface area contributed by atoms with Gasteiger partial charge in [-0.05, 0) is 25.0 Å². The Bertz CT molecular complexity index is 357. The molecule has 0 radical (unpaired) electrons. The number of nitrogens with one attached hydrogen (secondary N) is 1. The van der Waals surface area contributed by atoms with Crippen LogP contribution in [0.3, 0.4) is 0 Å². The van der Waals surface area contributed by atoms with Gasteiger partial charge in [0.25, 0.3) is 5.91 Å². The van der Waals surface area contributed by atoms with Gasteiger partial charge in [0.05, 0.1) is 10.6 Å². The molecule has 0 aliphatic heterocycles. The van der Waals surface area contributed by atoms with E-state index in [9.17, 15) is 4.79 Å². The summed E-state index contributed by atoms with van der Waals surface area (Å²) in [6.07, 6.45) is 4.56. The Hall–Kier alpha value is -0.540. The van der Waals surface area contributed by atoms with Crippen molar-refractivity contribution in [2.45, 2.75) is 25.7 Å². The van der Waals surface area contributed by atoms with Gasteiger partial charge in [-0.15, -0.1) is 0 Å². The van der Waals surface area contributed by atoms with Crippen LogP contribution in [0.15, 0.2) is 24.3 Å². The maximum atomic E-state index is 11.8. The minimum atomic E-state index is -0.0870. The van der Waals surface area contributed by atoms with Crippen LogP contribution in [0.2, 0.25) is 5.02 Å². The van der Waals surface area contributed by atoms with Crippen LogP contribution in [0.4, 0.5) is 0 Å². The molecule has 0 aliphatic carbocycles. The van der Waals surface area contributed by atoms with Crippen molar-refractivity contribution in [2.75, 3.05) is 11.9 Å². The van der Waals surface area contributed by atoms with Crippen molar-refractivity contribution < 1.29 is 4.79 Å². The Morgan fingerprint density at radius 3 is 2.59 bits per heavy atom. The average molecular weight is 319 g/mol. The van der Waals surface area contributed by atoms with Crippen LogP contribution in [-0.2, 0) is 0 Å². The van der Waals surface area contributed by atoms with Gasteiger partial charge in [-0.3, -0.25) is 4.79 Å². The van der Waals surface area contributed by atoms with Gasteiger partial charge in [-0.2, -0.15) is 0 Å². The van der Waals surface area contributed by atoms with Gasteiger partial charge >= 0.3 is 0 Å². The summed E-state index contributed by atoms with van der Waals surface area (Å²) in [5.41, 5.74) is 0.551. The van der Waals surface area contributed by atoms with Crippen LogP contribution in [0.1, 0.15) is 36.0 Å². The van der Waals surface area contributed by atoms with Gasteiger partial charge in [0.15, 0.2) is 0 Å². The van der Waals surface area contributed by atoms with Crippen LogP contribution >= 0.6 is 27.5 Å². The van der Waals surface area contributed by atoms with Crippen molar-refractivity contribution in [3.63, 3.8) is 0 Å². The lowest BCUT2D eigenvalue weighted by atomic mass is 10.2. The molecule has 4 heteroatoms. The van der Waals surface area contributed by atoms with E-state index in [-0.39, 0.29) is 5.91 Å². The van der Waals surface area contributed by atoms with Crippen LogP contribution in [-0.4, -0.2) is 17.8 Å². The first kappa shape index (κ1) is 14.5. The van der Waals surface area contributed by atoms with Crippen LogP contribution in [0.5, 0.6) is 0 Å². The topological polar surface area (TPSA) is 29.1 Å². The zero-order valence-corrected chi connectivity index (χ0v) is 12.1. The number of benzene rings is 1. The highest BCUT2D eigenvalue weighted by Gasteiger charge is 2.07. The molecule has 94 valence electrons. The second-order valence-electron chi connectivity index (χ2n) is 3.84. The predicted octanol–water partition coefficient (Wildman–Crippen LogP) is 4.03. The zero-order chi connectivity index (χ0) is 12.5. The molecule has 1 rings (SSSR count). The molecule has 0 atom stereocenters. The predicted molar refractivity (Wildman–Crippen MR) is 76.0 cm³/mol. The van der Waals surface area contributed by atoms with Gasteiger partial charge in [-0.25, -0.2) is 0 Å². The van der Waals surface area contributed by atoms with Crippen molar-refractivity contribution in [3.8, 4) is 0 Å². The van der Waals surface area contributed by atoms with Crippen molar-refractivity contribution in [3.05, 3.63) is 34.9 Å². The normalized spacial score (nSPS) is 10.2. The molecule has 0 heterocycles. The van der Waals surface area contributed by atoms with E-state index in [0.717, 1.165) is 18.2 Å². The number of carbonyl (C=O) groups excluding carboxylic acids is 1. The summed E-state index contributed by atoms with van der Waals surface area (Å²) in [7, 11) is 0. The van der Waals surface area contributed by atoms with Gasteiger partial charge in [0.2, 0.25) is 0 Å². The molecular weight excluding hydrogens is 302 g/mol. The molecule has 1 N–H and O–H groups in total. The SMILES string of the molecule is O=C(NCCCCCCBr)c1ccccc1Cl. The standard InChI is InChI=1S/C13H17BrClNO/c14-9-5-1-2-6-10-16-13(17)11-7-3-4-8-12(11)15/h3-4,7-8H,1-2,5-6,9-10H2,(H,16,17). The molecule has 0 aliphatic rings. The van der Waals surface area contributed by atoms with Crippen LogP contribution in [0.25, 0.3) is 0 Å². The van der Waals surface area contributed by atoms with Crippen molar-refractivity contribution in [1.82, 2.24) is 5.32 Å². The third-order valence-electron chi connectivity index (χ3n) is 2.46. The first-order valence-electron chi connectivity index (χ1n) is 5.84. The summed E-state index contributed by atoms with van der Waals surface area (Å²) in [4.78, 5) is 11.8. The smallest absolute Gasteiger partial charge is 0.252 e. The van der Waals surface area contributed by atoms with Gasteiger partial charge in [0, 0.05) is 11.9 Å². The number of halogens is 2. The number of unbranched alkanes of at least 4 members (excludes halogenated alkanes) is 3. The molecule has 0 spiro atoms. The number of rotatable bonds is 7. The molecule has 0 fully saturated rings. The summed E-state index contributed by atoms with van der Waals surface area (Å²) < 4.78 is 0.